The normalized spacial score (nSPS) is 19.5. The zero-order chi connectivity index (χ0) is 9.90. The Morgan fingerprint density at radius 2 is 1.77 bits per heavy atom. The molecular formula is C7H12N2O4. The summed E-state index contributed by atoms with van der Waals surface area (Å²) in [5, 5.41) is 5.59. The van der Waals surface area contributed by atoms with Crippen molar-refractivity contribution >= 4 is 11.9 Å². The molecule has 1 aliphatic rings. The second-order valence-electron chi connectivity index (χ2n) is 2.72. The van der Waals surface area contributed by atoms with Crippen molar-refractivity contribution in [3.8, 4) is 0 Å². The lowest BCUT2D eigenvalue weighted by Gasteiger charge is -2.26. The third kappa shape index (κ3) is 2.67. The Kier molecular flexibility index (Phi) is 2.84. The quantitative estimate of drug-likeness (QED) is 0.424. The highest BCUT2D eigenvalue weighted by atomic mass is 16.8. The fourth-order valence-electron chi connectivity index (χ4n) is 1.12. The van der Waals surface area contributed by atoms with Crippen LogP contribution in [0.5, 0.6) is 0 Å². The van der Waals surface area contributed by atoms with Crippen molar-refractivity contribution in [1.82, 2.24) is 10.6 Å². The smallest absolute Gasteiger partial charge is 0.331 e. The van der Waals surface area contributed by atoms with Gasteiger partial charge in [0.15, 0.2) is 0 Å². The number of carbonyl (C=O) groups is 2. The summed E-state index contributed by atoms with van der Waals surface area (Å²) >= 11 is 0. The number of carbonyl (C=O) groups excluding carboxylic acids is 2. The molecule has 0 aromatic heterocycles. The van der Waals surface area contributed by atoms with Gasteiger partial charge in [0.1, 0.15) is 0 Å². The monoisotopic (exact) mass is 188 g/mol. The maximum Gasteiger partial charge on any atom is 0.331 e. The van der Waals surface area contributed by atoms with Gasteiger partial charge in [0.25, 0.3) is 0 Å². The molecule has 6 heteroatoms. The number of rotatable bonds is 2. The molecule has 1 fully saturated rings. The Balaban J connectivity index is 2.62. The number of hydrogen-bond acceptors (Lipinski definition) is 6. The average Bonchev–Trinajstić information content (AvgIpc) is 2.33. The molecule has 13 heavy (non-hydrogen) atoms. The number of esters is 2. The lowest BCUT2D eigenvalue weighted by molar-refractivity contribution is -0.227. The Hall–Kier alpha value is -1.14. The maximum atomic E-state index is 10.7. The summed E-state index contributed by atoms with van der Waals surface area (Å²) in [5.74, 6) is -2.33. The summed E-state index contributed by atoms with van der Waals surface area (Å²) in [4.78, 5) is 21.4. The van der Waals surface area contributed by atoms with Crippen molar-refractivity contribution < 1.29 is 19.1 Å². The van der Waals surface area contributed by atoms with Gasteiger partial charge in [-0.3, -0.25) is 14.9 Å². The standard InChI is InChI=1S/C7H12N2O4/c1-5(10)12-7(13-6(2)11)3-8-4-9-7/h8-9H,3-4H2,1-2H3. The highest BCUT2D eigenvalue weighted by Gasteiger charge is 2.40. The molecular weight excluding hydrogens is 176 g/mol. The van der Waals surface area contributed by atoms with Gasteiger partial charge in [-0.1, -0.05) is 0 Å². The summed E-state index contributed by atoms with van der Waals surface area (Å²) in [6.45, 7) is 3.20. The lowest BCUT2D eigenvalue weighted by Crippen LogP contribution is -2.50. The van der Waals surface area contributed by atoms with E-state index in [-0.39, 0.29) is 6.54 Å². The summed E-state index contributed by atoms with van der Waals surface area (Å²) in [6.07, 6.45) is 0. The molecule has 0 aromatic carbocycles. The molecule has 0 amide bonds. The Morgan fingerprint density at radius 1 is 1.23 bits per heavy atom. The van der Waals surface area contributed by atoms with E-state index in [0.717, 1.165) is 0 Å². The first-order valence-corrected chi connectivity index (χ1v) is 3.89. The molecule has 1 aliphatic heterocycles. The molecule has 2 N–H and O–H groups in total. The summed E-state index contributed by atoms with van der Waals surface area (Å²) in [6, 6.07) is 0. The van der Waals surface area contributed by atoms with Gasteiger partial charge in [0.05, 0.1) is 13.2 Å². The second-order valence-corrected chi connectivity index (χ2v) is 2.72. The Morgan fingerprint density at radius 3 is 2.08 bits per heavy atom. The third-order valence-corrected chi connectivity index (χ3v) is 1.46. The van der Waals surface area contributed by atoms with Crippen LogP contribution in [0.1, 0.15) is 13.8 Å². The molecule has 0 atom stereocenters. The number of hydrogen-bond donors (Lipinski definition) is 2. The predicted octanol–water partition coefficient (Wildman–Crippen LogP) is -1.08. The van der Waals surface area contributed by atoms with Gasteiger partial charge in [-0.05, 0) is 0 Å². The zero-order valence-corrected chi connectivity index (χ0v) is 7.55. The molecule has 0 radical (unpaired) electrons. The lowest BCUT2D eigenvalue weighted by atomic mass is 10.5. The van der Waals surface area contributed by atoms with E-state index in [0.29, 0.717) is 6.67 Å². The molecule has 74 valence electrons. The van der Waals surface area contributed by atoms with Crippen LogP contribution in [-0.4, -0.2) is 31.1 Å². The van der Waals surface area contributed by atoms with Crippen LogP contribution in [0.25, 0.3) is 0 Å². The van der Waals surface area contributed by atoms with Crippen molar-refractivity contribution in [3.63, 3.8) is 0 Å². The van der Waals surface area contributed by atoms with Crippen LogP contribution in [0.4, 0.5) is 0 Å². The van der Waals surface area contributed by atoms with Crippen LogP contribution < -0.4 is 10.6 Å². The van der Waals surface area contributed by atoms with Crippen molar-refractivity contribution in [2.45, 2.75) is 19.8 Å². The SMILES string of the molecule is CC(=O)OC1(OC(C)=O)CNCN1. The van der Waals surface area contributed by atoms with E-state index in [1.54, 1.807) is 0 Å². The zero-order valence-electron chi connectivity index (χ0n) is 7.55. The fourth-order valence-corrected chi connectivity index (χ4v) is 1.12. The van der Waals surface area contributed by atoms with Crippen molar-refractivity contribution in [1.29, 1.82) is 0 Å². The third-order valence-electron chi connectivity index (χ3n) is 1.46. The number of nitrogens with one attached hydrogen (secondary N) is 2. The van der Waals surface area contributed by atoms with E-state index >= 15 is 0 Å². The molecule has 0 aromatic rings. The molecule has 0 aliphatic carbocycles. The van der Waals surface area contributed by atoms with Gasteiger partial charge in [-0.15, -0.1) is 0 Å². The van der Waals surface area contributed by atoms with Crippen LogP contribution in [0.15, 0.2) is 0 Å². The van der Waals surface area contributed by atoms with Crippen LogP contribution in [0.2, 0.25) is 0 Å². The van der Waals surface area contributed by atoms with Crippen molar-refractivity contribution in [2.75, 3.05) is 13.2 Å². The van der Waals surface area contributed by atoms with Gasteiger partial charge >= 0.3 is 17.8 Å². The second kappa shape index (κ2) is 3.71. The molecule has 1 rings (SSSR count). The maximum absolute atomic E-state index is 10.7. The highest BCUT2D eigenvalue weighted by molar-refractivity contribution is 5.68. The van der Waals surface area contributed by atoms with E-state index in [1.807, 2.05) is 0 Å². The minimum Gasteiger partial charge on any atom is -0.407 e. The van der Waals surface area contributed by atoms with Gasteiger partial charge in [0, 0.05) is 13.8 Å². The minimum absolute atomic E-state index is 0.256. The first-order valence-electron chi connectivity index (χ1n) is 3.89. The van der Waals surface area contributed by atoms with Gasteiger partial charge in [-0.25, -0.2) is 5.32 Å². The topological polar surface area (TPSA) is 76.7 Å². The van der Waals surface area contributed by atoms with Crippen LogP contribution >= 0.6 is 0 Å². The highest BCUT2D eigenvalue weighted by Crippen LogP contribution is 2.12. The minimum atomic E-state index is -1.32. The van der Waals surface area contributed by atoms with Gasteiger partial charge in [0.2, 0.25) is 0 Å². The average molecular weight is 188 g/mol. The van der Waals surface area contributed by atoms with Crippen LogP contribution in [0.3, 0.4) is 0 Å². The van der Waals surface area contributed by atoms with E-state index in [9.17, 15) is 9.59 Å². The first-order chi connectivity index (χ1) is 6.04. The summed E-state index contributed by atoms with van der Waals surface area (Å²) in [5.41, 5.74) is 0. The molecule has 1 saturated heterocycles. The van der Waals surface area contributed by atoms with Crippen LogP contribution in [-0.2, 0) is 19.1 Å². The van der Waals surface area contributed by atoms with E-state index in [1.165, 1.54) is 13.8 Å². The van der Waals surface area contributed by atoms with E-state index in [4.69, 9.17) is 9.47 Å². The molecule has 0 saturated carbocycles. The van der Waals surface area contributed by atoms with Crippen LogP contribution in [0, 0.1) is 0 Å². The van der Waals surface area contributed by atoms with Gasteiger partial charge in [-0.2, -0.15) is 0 Å². The number of ether oxygens (including phenoxy) is 2. The molecule has 0 unspecified atom stereocenters. The predicted molar refractivity (Wildman–Crippen MR) is 42.3 cm³/mol. The van der Waals surface area contributed by atoms with Crippen molar-refractivity contribution in [2.24, 2.45) is 0 Å². The molecule has 0 spiro atoms. The van der Waals surface area contributed by atoms with Gasteiger partial charge < -0.3 is 9.47 Å². The van der Waals surface area contributed by atoms with E-state index < -0.39 is 17.8 Å². The first kappa shape index (κ1) is 9.94. The molecule has 0 bridgehead atoms. The molecule has 6 nitrogen and oxygen atoms in total. The Bertz CT molecular complexity index is 205. The Labute approximate surface area is 75.6 Å². The summed E-state index contributed by atoms with van der Waals surface area (Å²) < 4.78 is 9.71. The van der Waals surface area contributed by atoms with Crippen molar-refractivity contribution in [3.05, 3.63) is 0 Å². The fraction of sp³-hybridized carbons (Fsp3) is 0.714. The van der Waals surface area contributed by atoms with E-state index in [2.05, 4.69) is 10.6 Å². The molecule has 1 heterocycles. The summed E-state index contributed by atoms with van der Waals surface area (Å²) in [7, 11) is 0. The largest absolute Gasteiger partial charge is 0.407 e.